The summed E-state index contributed by atoms with van der Waals surface area (Å²) >= 11 is 6.36. The van der Waals surface area contributed by atoms with Crippen molar-refractivity contribution < 1.29 is 13.2 Å². The third kappa shape index (κ3) is 4.07. The Morgan fingerprint density at radius 2 is 1.79 bits per heavy atom. The maximum Gasteiger partial charge on any atom is 0.416 e. The van der Waals surface area contributed by atoms with Crippen LogP contribution in [0.5, 0.6) is 0 Å². The molecule has 7 heteroatoms. The number of pyridine rings is 1. The third-order valence-corrected chi connectivity index (χ3v) is 6.11. The van der Waals surface area contributed by atoms with E-state index in [-0.39, 0.29) is 16.5 Å². The Kier molecular flexibility index (Phi) is 5.17. The summed E-state index contributed by atoms with van der Waals surface area (Å²) < 4.78 is 40.6. The van der Waals surface area contributed by atoms with Crippen LogP contribution < -0.4 is 10.5 Å². The minimum atomic E-state index is -4.32. The van der Waals surface area contributed by atoms with Gasteiger partial charge in [0.1, 0.15) is 5.02 Å². The Bertz CT molecular complexity index is 913. The SMILES string of the molecule is O=c1c(Cl)c(N2CCC(c3cccc(C(F)(F)F)c3)CC2)ccn1CC1CC1. The number of halogens is 4. The van der Waals surface area contributed by atoms with Crippen LogP contribution in [0.25, 0.3) is 0 Å². The second-order valence-electron chi connectivity index (χ2n) is 7.80. The standard InChI is InChI=1S/C21H22ClF3N2O/c22-19-18(8-11-27(20(19)28)13-14-4-5-14)26-9-6-15(7-10-26)16-2-1-3-17(12-16)21(23,24)25/h1-3,8,11-12,14-15H,4-7,9-10,13H2. The van der Waals surface area contributed by atoms with Crippen LogP contribution in [0.15, 0.2) is 41.3 Å². The van der Waals surface area contributed by atoms with E-state index in [1.165, 1.54) is 12.1 Å². The average molecular weight is 411 g/mol. The van der Waals surface area contributed by atoms with Crippen molar-refractivity contribution in [1.29, 1.82) is 0 Å². The molecule has 0 atom stereocenters. The summed E-state index contributed by atoms with van der Waals surface area (Å²) in [6, 6.07) is 7.49. The minimum Gasteiger partial charge on any atom is -0.370 e. The molecule has 0 amide bonds. The number of alkyl halides is 3. The lowest BCUT2D eigenvalue weighted by molar-refractivity contribution is -0.137. The first-order valence-electron chi connectivity index (χ1n) is 9.64. The topological polar surface area (TPSA) is 25.2 Å². The average Bonchev–Trinajstić information content (AvgIpc) is 3.49. The van der Waals surface area contributed by atoms with E-state index in [9.17, 15) is 18.0 Å². The zero-order valence-corrected chi connectivity index (χ0v) is 16.1. The first kappa shape index (κ1) is 19.4. The largest absolute Gasteiger partial charge is 0.416 e. The molecule has 1 aromatic heterocycles. The molecule has 1 aliphatic heterocycles. The molecule has 1 saturated carbocycles. The van der Waals surface area contributed by atoms with E-state index in [2.05, 4.69) is 4.90 Å². The van der Waals surface area contributed by atoms with Gasteiger partial charge in [0, 0.05) is 25.8 Å². The lowest BCUT2D eigenvalue weighted by Crippen LogP contribution is -2.34. The molecule has 1 aromatic carbocycles. The monoisotopic (exact) mass is 410 g/mol. The van der Waals surface area contributed by atoms with E-state index >= 15 is 0 Å². The molecular formula is C21H22ClF3N2O. The van der Waals surface area contributed by atoms with Crippen molar-refractivity contribution in [1.82, 2.24) is 4.57 Å². The van der Waals surface area contributed by atoms with E-state index in [0.717, 1.165) is 49.5 Å². The highest BCUT2D eigenvalue weighted by Gasteiger charge is 2.31. The van der Waals surface area contributed by atoms with Crippen molar-refractivity contribution >= 4 is 17.3 Å². The van der Waals surface area contributed by atoms with Crippen LogP contribution in [0, 0.1) is 5.92 Å². The lowest BCUT2D eigenvalue weighted by Gasteiger charge is -2.34. The smallest absolute Gasteiger partial charge is 0.370 e. The summed E-state index contributed by atoms with van der Waals surface area (Å²) in [6.07, 6.45) is 1.25. The maximum absolute atomic E-state index is 13.0. The molecule has 0 spiro atoms. The first-order valence-corrected chi connectivity index (χ1v) is 10.0. The molecule has 4 rings (SSSR count). The molecular weight excluding hydrogens is 389 g/mol. The first-order chi connectivity index (χ1) is 13.3. The number of aromatic nitrogens is 1. The molecule has 0 radical (unpaired) electrons. The zero-order chi connectivity index (χ0) is 19.9. The van der Waals surface area contributed by atoms with Crippen molar-refractivity contribution in [2.24, 2.45) is 5.92 Å². The molecule has 28 heavy (non-hydrogen) atoms. The van der Waals surface area contributed by atoms with Crippen LogP contribution in [-0.2, 0) is 12.7 Å². The number of hydrogen-bond acceptors (Lipinski definition) is 2. The number of anilines is 1. The van der Waals surface area contributed by atoms with Gasteiger partial charge in [-0.1, -0.05) is 29.8 Å². The summed E-state index contributed by atoms with van der Waals surface area (Å²) in [6.45, 7) is 2.04. The van der Waals surface area contributed by atoms with Crippen molar-refractivity contribution in [2.75, 3.05) is 18.0 Å². The number of nitrogens with zero attached hydrogens (tertiary/aromatic N) is 2. The minimum absolute atomic E-state index is 0.0764. The molecule has 2 aromatic rings. The van der Waals surface area contributed by atoms with Crippen LogP contribution in [0.1, 0.15) is 42.7 Å². The van der Waals surface area contributed by atoms with Crippen LogP contribution >= 0.6 is 11.6 Å². The van der Waals surface area contributed by atoms with Crippen molar-refractivity contribution in [2.45, 2.75) is 44.3 Å². The second kappa shape index (κ2) is 7.47. The second-order valence-corrected chi connectivity index (χ2v) is 8.18. The van der Waals surface area contributed by atoms with Crippen LogP contribution in [0.3, 0.4) is 0 Å². The summed E-state index contributed by atoms with van der Waals surface area (Å²) in [7, 11) is 0. The molecule has 2 fully saturated rings. The fraction of sp³-hybridized carbons (Fsp3) is 0.476. The van der Waals surface area contributed by atoms with Gasteiger partial charge in [0.05, 0.1) is 11.3 Å². The Hall–Kier alpha value is -1.95. The fourth-order valence-electron chi connectivity index (χ4n) is 3.93. The summed E-state index contributed by atoms with van der Waals surface area (Å²) in [5, 5.41) is 0.237. The highest BCUT2D eigenvalue weighted by Crippen LogP contribution is 2.36. The van der Waals surface area contributed by atoms with Gasteiger partial charge in [-0.15, -0.1) is 0 Å². The third-order valence-electron chi connectivity index (χ3n) is 5.76. The van der Waals surface area contributed by atoms with Gasteiger partial charge in [-0.05, 0) is 55.2 Å². The Balaban J connectivity index is 1.46. The predicted octanol–water partition coefficient (Wildman–Crippen LogP) is 5.31. The molecule has 150 valence electrons. The van der Waals surface area contributed by atoms with Crippen molar-refractivity contribution in [3.05, 3.63) is 63.0 Å². The normalized spacial score (nSPS) is 18.5. The molecule has 0 N–H and O–H groups in total. The van der Waals surface area contributed by atoms with E-state index in [1.807, 2.05) is 6.07 Å². The molecule has 0 bridgehead atoms. The van der Waals surface area contributed by atoms with Gasteiger partial charge >= 0.3 is 6.18 Å². The van der Waals surface area contributed by atoms with Gasteiger partial charge in [-0.3, -0.25) is 4.79 Å². The highest BCUT2D eigenvalue weighted by molar-refractivity contribution is 6.33. The van der Waals surface area contributed by atoms with Crippen molar-refractivity contribution in [3.63, 3.8) is 0 Å². The van der Waals surface area contributed by atoms with Crippen molar-refractivity contribution in [3.8, 4) is 0 Å². The van der Waals surface area contributed by atoms with Gasteiger partial charge in [0.2, 0.25) is 0 Å². The number of benzene rings is 1. The van der Waals surface area contributed by atoms with Crippen LogP contribution in [0.2, 0.25) is 5.02 Å². The van der Waals surface area contributed by atoms with Crippen LogP contribution in [-0.4, -0.2) is 17.7 Å². The molecule has 2 aliphatic rings. The number of hydrogen-bond donors (Lipinski definition) is 0. The lowest BCUT2D eigenvalue weighted by atomic mass is 9.88. The van der Waals surface area contributed by atoms with E-state index in [1.54, 1.807) is 16.8 Å². The number of rotatable bonds is 4. The van der Waals surface area contributed by atoms with Gasteiger partial charge in [-0.2, -0.15) is 13.2 Å². The predicted molar refractivity (Wildman–Crippen MR) is 104 cm³/mol. The highest BCUT2D eigenvalue weighted by atomic mass is 35.5. The molecule has 1 aliphatic carbocycles. The quantitative estimate of drug-likeness (QED) is 0.682. The summed E-state index contributed by atoms with van der Waals surface area (Å²) in [5.41, 5.74) is 0.683. The van der Waals surface area contributed by atoms with Crippen LogP contribution in [0.4, 0.5) is 18.9 Å². The van der Waals surface area contributed by atoms with Gasteiger partial charge < -0.3 is 9.47 Å². The maximum atomic E-state index is 13.0. The summed E-state index contributed by atoms with van der Waals surface area (Å²) in [4.78, 5) is 14.6. The molecule has 0 unspecified atom stereocenters. The number of piperidine rings is 1. The Morgan fingerprint density at radius 1 is 1.07 bits per heavy atom. The Morgan fingerprint density at radius 3 is 2.43 bits per heavy atom. The van der Waals surface area contributed by atoms with Gasteiger partial charge in [0.25, 0.3) is 5.56 Å². The summed E-state index contributed by atoms with van der Waals surface area (Å²) in [5.74, 6) is 0.662. The van der Waals surface area contributed by atoms with E-state index in [0.29, 0.717) is 19.0 Å². The zero-order valence-electron chi connectivity index (χ0n) is 15.4. The van der Waals surface area contributed by atoms with E-state index in [4.69, 9.17) is 11.6 Å². The molecule has 2 heterocycles. The van der Waals surface area contributed by atoms with Gasteiger partial charge in [0.15, 0.2) is 0 Å². The van der Waals surface area contributed by atoms with E-state index < -0.39 is 11.7 Å². The molecule has 1 saturated heterocycles. The molecule has 3 nitrogen and oxygen atoms in total. The Labute approximate surface area is 166 Å². The van der Waals surface area contributed by atoms with Gasteiger partial charge in [-0.25, -0.2) is 0 Å². The fourth-order valence-corrected chi connectivity index (χ4v) is 4.22.